The molecular weight excluding hydrogens is 460 g/mol. The normalized spacial score (nSPS) is 11.4. The minimum Gasteiger partial charge on any atom is -0.507 e. The van der Waals surface area contributed by atoms with Gasteiger partial charge in [-0.2, -0.15) is 0 Å². The van der Waals surface area contributed by atoms with Crippen LogP contribution >= 0.6 is 22.9 Å². The summed E-state index contributed by atoms with van der Waals surface area (Å²) in [7, 11) is -4.01. The van der Waals surface area contributed by atoms with Gasteiger partial charge in [0.1, 0.15) is 22.9 Å². The summed E-state index contributed by atoms with van der Waals surface area (Å²) < 4.78 is 33.9. The van der Waals surface area contributed by atoms with Crippen LogP contribution in [-0.2, 0) is 21.4 Å². The van der Waals surface area contributed by atoms with Crippen molar-refractivity contribution in [3.8, 4) is 5.75 Å². The second-order valence-electron chi connectivity index (χ2n) is 6.44. The Bertz CT molecular complexity index is 1340. The summed E-state index contributed by atoms with van der Waals surface area (Å²) in [4.78, 5) is 16.7. The van der Waals surface area contributed by atoms with Crippen LogP contribution in [0.15, 0.2) is 71.6 Å². The molecule has 1 aromatic heterocycles. The van der Waals surface area contributed by atoms with Crippen molar-refractivity contribution in [2.75, 3.05) is 4.72 Å². The molecule has 0 aliphatic heterocycles. The highest BCUT2D eigenvalue weighted by Crippen LogP contribution is 2.26. The molecule has 1 heterocycles. The third-order valence-corrected chi connectivity index (χ3v) is 6.90. The van der Waals surface area contributed by atoms with Crippen molar-refractivity contribution >= 4 is 54.8 Å². The van der Waals surface area contributed by atoms with Gasteiger partial charge in [-0.1, -0.05) is 23.7 Å². The van der Waals surface area contributed by atoms with Crippen molar-refractivity contribution in [1.82, 2.24) is 4.98 Å². The number of aromatic hydroxyl groups is 1. The van der Waals surface area contributed by atoms with Gasteiger partial charge in [0, 0.05) is 10.7 Å². The Morgan fingerprint density at radius 1 is 1.10 bits per heavy atom. The molecule has 3 aromatic carbocycles. The van der Waals surface area contributed by atoms with Crippen LogP contribution < -0.4 is 4.72 Å². The Kier molecular flexibility index (Phi) is 5.81. The number of anilines is 1. The van der Waals surface area contributed by atoms with E-state index in [1.807, 2.05) is 24.3 Å². The lowest BCUT2D eigenvalue weighted by Crippen LogP contribution is -2.14. The van der Waals surface area contributed by atoms with E-state index in [9.17, 15) is 18.3 Å². The Labute approximate surface area is 187 Å². The summed E-state index contributed by atoms with van der Waals surface area (Å²) in [5, 5.41) is 11.1. The van der Waals surface area contributed by atoms with E-state index in [1.54, 1.807) is 12.1 Å². The average Bonchev–Trinajstić information content (AvgIpc) is 3.17. The highest BCUT2D eigenvalue weighted by atomic mass is 35.5. The summed E-state index contributed by atoms with van der Waals surface area (Å²) in [5.41, 5.74) is 0.834. The van der Waals surface area contributed by atoms with Crippen LogP contribution in [0.4, 0.5) is 5.69 Å². The predicted octanol–water partition coefficient (Wildman–Crippen LogP) is 4.81. The first kappa shape index (κ1) is 21.1. The fraction of sp³-hybridized carbons (Fsp3) is 0.0476. The van der Waals surface area contributed by atoms with E-state index in [4.69, 9.17) is 16.3 Å². The third-order valence-electron chi connectivity index (χ3n) is 4.26. The van der Waals surface area contributed by atoms with Gasteiger partial charge in [-0.15, -0.1) is 11.3 Å². The van der Waals surface area contributed by atoms with Crippen LogP contribution in [0.25, 0.3) is 10.2 Å². The number of para-hydroxylation sites is 1. The molecule has 0 spiro atoms. The molecule has 4 rings (SSSR count). The highest BCUT2D eigenvalue weighted by molar-refractivity contribution is 7.92. The SMILES string of the molecule is O=C(OCc1nc2ccccc2s1)c1cc(S(=O)(=O)Nc2ccc(Cl)cc2)ccc1O. The number of thiazole rings is 1. The van der Waals surface area contributed by atoms with Crippen LogP contribution in [-0.4, -0.2) is 24.5 Å². The zero-order valence-corrected chi connectivity index (χ0v) is 18.2. The van der Waals surface area contributed by atoms with Gasteiger partial charge < -0.3 is 9.84 Å². The molecule has 0 saturated heterocycles. The van der Waals surface area contributed by atoms with E-state index in [1.165, 1.54) is 29.5 Å². The second kappa shape index (κ2) is 8.54. The molecule has 0 aliphatic rings. The number of nitrogens with zero attached hydrogens (tertiary/aromatic N) is 1. The Morgan fingerprint density at radius 2 is 1.84 bits per heavy atom. The van der Waals surface area contributed by atoms with Gasteiger partial charge >= 0.3 is 5.97 Å². The predicted molar refractivity (Wildman–Crippen MR) is 119 cm³/mol. The Hall–Kier alpha value is -3.14. The first-order chi connectivity index (χ1) is 14.8. The van der Waals surface area contributed by atoms with Gasteiger partial charge in [-0.05, 0) is 54.6 Å². The van der Waals surface area contributed by atoms with Crippen LogP contribution in [0.2, 0.25) is 5.02 Å². The number of esters is 1. The number of halogens is 1. The van der Waals surface area contributed by atoms with Gasteiger partial charge in [0.25, 0.3) is 10.0 Å². The maximum Gasteiger partial charge on any atom is 0.342 e. The fourth-order valence-electron chi connectivity index (χ4n) is 2.76. The fourth-order valence-corrected chi connectivity index (χ4v) is 4.86. The van der Waals surface area contributed by atoms with Crippen LogP contribution in [0.1, 0.15) is 15.4 Å². The summed E-state index contributed by atoms with van der Waals surface area (Å²) in [6, 6.07) is 17.0. The first-order valence-corrected chi connectivity index (χ1v) is 11.6. The molecular formula is C21H15ClN2O5S2. The number of nitrogens with one attached hydrogen (secondary N) is 1. The molecule has 158 valence electrons. The molecule has 7 nitrogen and oxygen atoms in total. The first-order valence-electron chi connectivity index (χ1n) is 8.95. The second-order valence-corrected chi connectivity index (χ2v) is 9.68. The maximum atomic E-state index is 12.7. The van der Waals surface area contributed by atoms with Crippen molar-refractivity contribution in [1.29, 1.82) is 0 Å². The minimum absolute atomic E-state index is 0.0996. The van der Waals surface area contributed by atoms with Crippen LogP contribution in [0, 0.1) is 0 Å². The standard InChI is InChI=1S/C21H15ClN2O5S2/c22-13-5-7-14(8-6-13)24-31(27,28)15-9-10-18(25)16(11-15)21(26)29-12-20-23-17-3-1-2-4-19(17)30-20/h1-11,24-25H,12H2. The number of carbonyl (C=O) groups is 1. The number of hydrogen-bond acceptors (Lipinski definition) is 7. The molecule has 2 N–H and O–H groups in total. The minimum atomic E-state index is -4.01. The number of ether oxygens (including phenoxy) is 1. The number of phenolic OH excluding ortho intramolecular Hbond substituents is 1. The molecule has 0 radical (unpaired) electrons. The molecule has 0 amide bonds. The van der Waals surface area contributed by atoms with E-state index in [2.05, 4.69) is 9.71 Å². The van der Waals surface area contributed by atoms with E-state index in [-0.39, 0.29) is 22.8 Å². The number of fused-ring (bicyclic) bond motifs is 1. The van der Waals surface area contributed by atoms with Crippen molar-refractivity contribution < 1.29 is 23.1 Å². The number of rotatable bonds is 6. The summed E-state index contributed by atoms with van der Waals surface area (Å²) in [6.45, 7) is -0.0996. The number of aromatic nitrogens is 1. The third kappa shape index (κ3) is 4.79. The highest BCUT2D eigenvalue weighted by Gasteiger charge is 2.21. The number of carbonyl (C=O) groups excluding carboxylic acids is 1. The molecule has 0 atom stereocenters. The smallest absolute Gasteiger partial charge is 0.342 e. The summed E-state index contributed by atoms with van der Waals surface area (Å²) in [6.07, 6.45) is 0. The molecule has 0 saturated carbocycles. The largest absolute Gasteiger partial charge is 0.507 e. The lowest BCUT2D eigenvalue weighted by molar-refractivity contribution is 0.0469. The van der Waals surface area contributed by atoms with Crippen LogP contribution in [0.5, 0.6) is 5.75 Å². The molecule has 0 bridgehead atoms. The monoisotopic (exact) mass is 474 g/mol. The van der Waals surface area contributed by atoms with Gasteiger partial charge in [-0.25, -0.2) is 18.2 Å². The van der Waals surface area contributed by atoms with E-state index >= 15 is 0 Å². The van der Waals surface area contributed by atoms with Crippen molar-refractivity contribution in [2.24, 2.45) is 0 Å². The van der Waals surface area contributed by atoms with E-state index in [0.717, 1.165) is 22.3 Å². The quantitative estimate of drug-likeness (QED) is 0.388. The van der Waals surface area contributed by atoms with Gasteiger partial charge in [-0.3, -0.25) is 4.72 Å². The molecule has 0 aliphatic carbocycles. The number of benzene rings is 3. The van der Waals surface area contributed by atoms with Crippen LogP contribution in [0.3, 0.4) is 0 Å². The lowest BCUT2D eigenvalue weighted by atomic mass is 10.2. The average molecular weight is 475 g/mol. The number of sulfonamides is 1. The summed E-state index contributed by atoms with van der Waals surface area (Å²) in [5.74, 6) is -1.25. The Morgan fingerprint density at radius 3 is 2.58 bits per heavy atom. The van der Waals surface area contributed by atoms with Crippen molar-refractivity contribution in [3.05, 3.63) is 82.3 Å². The van der Waals surface area contributed by atoms with Gasteiger partial charge in [0.2, 0.25) is 0 Å². The van der Waals surface area contributed by atoms with E-state index in [0.29, 0.717) is 15.7 Å². The van der Waals surface area contributed by atoms with Gasteiger partial charge in [0.15, 0.2) is 0 Å². The number of phenols is 1. The lowest BCUT2D eigenvalue weighted by Gasteiger charge is -2.10. The van der Waals surface area contributed by atoms with Gasteiger partial charge in [0.05, 0.1) is 15.1 Å². The molecule has 4 aromatic rings. The molecule has 0 unspecified atom stereocenters. The number of hydrogen-bond donors (Lipinski definition) is 2. The van der Waals surface area contributed by atoms with Crippen molar-refractivity contribution in [2.45, 2.75) is 11.5 Å². The Balaban J connectivity index is 1.52. The van der Waals surface area contributed by atoms with E-state index < -0.39 is 16.0 Å². The topological polar surface area (TPSA) is 106 Å². The summed E-state index contributed by atoms with van der Waals surface area (Å²) >= 11 is 7.19. The molecule has 10 heteroatoms. The zero-order valence-electron chi connectivity index (χ0n) is 15.8. The zero-order chi connectivity index (χ0) is 22.0. The maximum absolute atomic E-state index is 12.7. The molecule has 0 fully saturated rings. The molecule has 31 heavy (non-hydrogen) atoms. The van der Waals surface area contributed by atoms with Crippen molar-refractivity contribution in [3.63, 3.8) is 0 Å².